The van der Waals surface area contributed by atoms with Crippen molar-refractivity contribution in [1.29, 1.82) is 0 Å². The lowest BCUT2D eigenvalue weighted by Gasteiger charge is -2.09. The standard InChI is InChI=1S/C19H14N6O3/c26-18-13(5-3-7-22-18)19(27)23-14-6-2-1-4-12(14)10-16-24-17(25-28-16)15-11-20-8-9-21-15/h1-9,11H,10H2,(H,22,26)(H,23,27). The number of anilines is 1. The second-order valence-electron chi connectivity index (χ2n) is 5.80. The van der Waals surface area contributed by atoms with Gasteiger partial charge >= 0.3 is 0 Å². The normalized spacial score (nSPS) is 10.6. The van der Waals surface area contributed by atoms with Crippen LogP contribution in [-0.2, 0) is 6.42 Å². The highest BCUT2D eigenvalue weighted by Gasteiger charge is 2.15. The van der Waals surface area contributed by atoms with Crippen molar-refractivity contribution in [3.8, 4) is 11.5 Å². The number of hydrogen-bond acceptors (Lipinski definition) is 7. The van der Waals surface area contributed by atoms with Gasteiger partial charge in [-0.05, 0) is 23.8 Å². The molecule has 1 aromatic carbocycles. The predicted molar refractivity (Wildman–Crippen MR) is 99.6 cm³/mol. The lowest BCUT2D eigenvalue weighted by Crippen LogP contribution is -2.23. The maximum atomic E-state index is 12.4. The SMILES string of the molecule is O=C(Nc1ccccc1Cc1nc(-c2cnccn2)no1)c1ccc[nH]c1=O. The molecule has 0 saturated heterocycles. The summed E-state index contributed by atoms with van der Waals surface area (Å²) in [6.07, 6.45) is 6.41. The van der Waals surface area contributed by atoms with Gasteiger partial charge in [0.2, 0.25) is 11.7 Å². The van der Waals surface area contributed by atoms with E-state index < -0.39 is 11.5 Å². The zero-order chi connectivity index (χ0) is 19.3. The topological polar surface area (TPSA) is 127 Å². The van der Waals surface area contributed by atoms with Gasteiger partial charge in [0, 0.05) is 24.3 Å². The zero-order valence-corrected chi connectivity index (χ0v) is 14.5. The highest BCUT2D eigenvalue weighted by atomic mass is 16.5. The summed E-state index contributed by atoms with van der Waals surface area (Å²) >= 11 is 0. The Kier molecular flexibility index (Phi) is 4.70. The Morgan fingerprint density at radius 1 is 1.14 bits per heavy atom. The van der Waals surface area contributed by atoms with Gasteiger partial charge in [-0.15, -0.1) is 0 Å². The molecule has 1 amide bonds. The van der Waals surface area contributed by atoms with Crippen LogP contribution in [-0.4, -0.2) is 31.0 Å². The van der Waals surface area contributed by atoms with Crippen LogP contribution in [0.3, 0.4) is 0 Å². The minimum atomic E-state index is -0.500. The Hall–Kier alpha value is -4.14. The van der Waals surface area contributed by atoms with Gasteiger partial charge in [0.15, 0.2) is 0 Å². The number of carbonyl (C=O) groups excluding carboxylic acids is 1. The van der Waals surface area contributed by atoms with E-state index in [0.717, 1.165) is 5.56 Å². The van der Waals surface area contributed by atoms with Gasteiger partial charge < -0.3 is 14.8 Å². The first kappa shape index (κ1) is 17.3. The molecule has 0 aliphatic heterocycles. The predicted octanol–water partition coefficient (Wildman–Crippen LogP) is 2.06. The molecule has 4 rings (SSSR count). The molecule has 2 N–H and O–H groups in total. The van der Waals surface area contributed by atoms with E-state index in [1.54, 1.807) is 36.8 Å². The summed E-state index contributed by atoms with van der Waals surface area (Å²) in [5.41, 5.74) is 1.39. The fourth-order valence-corrected chi connectivity index (χ4v) is 2.59. The first-order valence-electron chi connectivity index (χ1n) is 8.36. The molecule has 4 aromatic rings. The van der Waals surface area contributed by atoms with Gasteiger partial charge in [-0.25, -0.2) is 4.98 Å². The average molecular weight is 374 g/mol. The van der Waals surface area contributed by atoms with Crippen LogP contribution in [0.5, 0.6) is 0 Å². The first-order valence-corrected chi connectivity index (χ1v) is 8.36. The fraction of sp³-hybridized carbons (Fsp3) is 0.0526. The maximum Gasteiger partial charge on any atom is 0.261 e. The molecule has 3 aromatic heterocycles. The number of nitrogens with one attached hydrogen (secondary N) is 2. The zero-order valence-electron chi connectivity index (χ0n) is 14.5. The molecule has 9 nitrogen and oxygen atoms in total. The van der Waals surface area contributed by atoms with Crippen LogP contribution in [0.15, 0.2) is 70.5 Å². The lowest BCUT2D eigenvalue weighted by molar-refractivity contribution is 0.102. The van der Waals surface area contributed by atoms with Gasteiger partial charge in [-0.1, -0.05) is 23.4 Å². The molecule has 0 aliphatic carbocycles. The molecule has 0 unspecified atom stereocenters. The number of carbonyl (C=O) groups is 1. The van der Waals surface area contributed by atoms with Gasteiger partial charge in [0.25, 0.3) is 11.5 Å². The Morgan fingerprint density at radius 3 is 2.86 bits per heavy atom. The summed E-state index contributed by atoms with van der Waals surface area (Å²) < 4.78 is 5.29. The summed E-state index contributed by atoms with van der Waals surface area (Å²) in [7, 11) is 0. The number of benzene rings is 1. The summed E-state index contributed by atoms with van der Waals surface area (Å²) in [6.45, 7) is 0. The second kappa shape index (κ2) is 7.62. The number of rotatable bonds is 5. The highest BCUT2D eigenvalue weighted by Crippen LogP contribution is 2.20. The second-order valence-corrected chi connectivity index (χ2v) is 5.80. The number of amides is 1. The third-order valence-electron chi connectivity index (χ3n) is 3.93. The minimum absolute atomic E-state index is 0.0278. The third kappa shape index (κ3) is 3.68. The number of nitrogens with zero attached hydrogens (tertiary/aromatic N) is 4. The van der Waals surface area contributed by atoms with E-state index in [-0.39, 0.29) is 5.56 Å². The molecule has 28 heavy (non-hydrogen) atoms. The van der Waals surface area contributed by atoms with Crippen LogP contribution >= 0.6 is 0 Å². The Morgan fingerprint density at radius 2 is 2.04 bits per heavy atom. The maximum absolute atomic E-state index is 12.4. The van der Waals surface area contributed by atoms with Crippen molar-refractivity contribution >= 4 is 11.6 Å². The Labute approximate surface area is 158 Å². The van der Waals surface area contributed by atoms with E-state index in [1.807, 2.05) is 12.1 Å². The number of para-hydroxylation sites is 1. The number of aromatic nitrogens is 5. The minimum Gasteiger partial charge on any atom is -0.339 e. The molecule has 0 radical (unpaired) electrons. The molecule has 0 saturated carbocycles. The van der Waals surface area contributed by atoms with E-state index in [2.05, 4.69) is 30.4 Å². The van der Waals surface area contributed by atoms with E-state index in [9.17, 15) is 9.59 Å². The average Bonchev–Trinajstić information content (AvgIpc) is 3.19. The Bertz CT molecular complexity index is 1170. The first-order chi connectivity index (χ1) is 13.7. The molecule has 9 heteroatoms. The van der Waals surface area contributed by atoms with Crippen LogP contribution in [0.2, 0.25) is 0 Å². The number of aromatic amines is 1. The van der Waals surface area contributed by atoms with Gasteiger partial charge in [0.1, 0.15) is 11.3 Å². The fourth-order valence-electron chi connectivity index (χ4n) is 2.59. The largest absolute Gasteiger partial charge is 0.339 e. The summed E-state index contributed by atoms with van der Waals surface area (Å²) in [6, 6.07) is 10.2. The van der Waals surface area contributed by atoms with Crippen LogP contribution < -0.4 is 10.9 Å². The quantitative estimate of drug-likeness (QED) is 0.547. The van der Waals surface area contributed by atoms with E-state index >= 15 is 0 Å². The summed E-state index contributed by atoms with van der Waals surface area (Å²) in [5, 5.41) is 6.67. The highest BCUT2D eigenvalue weighted by molar-refractivity contribution is 6.04. The molecule has 138 valence electrons. The van der Waals surface area contributed by atoms with E-state index in [1.165, 1.54) is 12.3 Å². The van der Waals surface area contributed by atoms with Crippen LogP contribution in [0, 0.1) is 0 Å². The van der Waals surface area contributed by atoms with Crippen LogP contribution in [0.25, 0.3) is 11.5 Å². The molecule has 0 fully saturated rings. The van der Waals surface area contributed by atoms with Crippen molar-refractivity contribution in [1.82, 2.24) is 25.1 Å². The monoisotopic (exact) mass is 374 g/mol. The number of H-pyrrole nitrogens is 1. The van der Waals surface area contributed by atoms with Crippen molar-refractivity contribution in [3.63, 3.8) is 0 Å². The van der Waals surface area contributed by atoms with Crippen molar-refractivity contribution in [2.24, 2.45) is 0 Å². The summed E-state index contributed by atoms with van der Waals surface area (Å²) in [5.74, 6) is 0.195. The number of pyridine rings is 1. The van der Waals surface area contributed by atoms with Gasteiger partial charge in [0.05, 0.1) is 12.6 Å². The molecule has 0 bridgehead atoms. The van der Waals surface area contributed by atoms with Crippen molar-refractivity contribution in [3.05, 3.63) is 88.6 Å². The van der Waals surface area contributed by atoms with E-state index in [0.29, 0.717) is 29.5 Å². The van der Waals surface area contributed by atoms with Gasteiger partial charge in [-0.2, -0.15) is 4.98 Å². The third-order valence-corrected chi connectivity index (χ3v) is 3.93. The molecular weight excluding hydrogens is 360 g/mol. The molecule has 3 heterocycles. The lowest BCUT2D eigenvalue weighted by atomic mass is 10.1. The van der Waals surface area contributed by atoms with E-state index in [4.69, 9.17) is 4.52 Å². The smallest absolute Gasteiger partial charge is 0.261 e. The molecule has 0 atom stereocenters. The molecule has 0 aliphatic rings. The van der Waals surface area contributed by atoms with Crippen LogP contribution in [0.1, 0.15) is 21.8 Å². The molecule has 0 spiro atoms. The van der Waals surface area contributed by atoms with Crippen LogP contribution in [0.4, 0.5) is 5.69 Å². The number of hydrogen-bond donors (Lipinski definition) is 2. The Balaban J connectivity index is 1.56. The van der Waals surface area contributed by atoms with Crippen molar-refractivity contribution in [2.75, 3.05) is 5.32 Å². The van der Waals surface area contributed by atoms with Crippen molar-refractivity contribution < 1.29 is 9.32 Å². The summed E-state index contributed by atoms with van der Waals surface area (Å²) in [4.78, 5) is 39.1. The van der Waals surface area contributed by atoms with Gasteiger partial charge in [-0.3, -0.25) is 14.6 Å². The molecular formula is C19H14N6O3. The van der Waals surface area contributed by atoms with Crippen molar-refractivity contribution in [2.45, 2.75) is 6.42 Å².